The predicted octanol–water partition coefficient (Wildman–Crippen LogP) is 3.06. The summed E-state index contributed by atoms with van der Waals surface area (Å²) in [4.78, 5) is 24.2. The van der Waals surface area contributed by atoms with Crippen LogP contribution in [0.3, 0.4) is 0 Å². The molecular formula is C15H18ClNO3. The van der Waals surface area contributed by atoms with Gasteiger partial charge in [0.15, 0.2) is 0 Å². The smallest absolute Gasteiger partial charge is 0.323 e. The molecule has 1 N–H and O–H groups in total. The van der Waals surface area contributed by atoms with Gasteiger partial charge in [-0.1, -0.05) is 36.7 Å². The number of carbonyl (C=O) groups excluding carboxylic acids is 1. The summed E-state index contributed by atoms with van der Waals surface area (Å²) in [6.07, 6.45) is 3.65. The van der Waals surface area contributed by atoms with Crippen LogP contribution in [0.4, 0.5) is 0 Å². The number of carboxylic acid groups (broad SMARTS) is 1. The molecule has 5 heteroatoms. The van der Waals surface area contributed by atoms with Crippen molar-refractivity contribution in [2.75, 3.05) is 6.54 Å². The highest BCUT2D eigenvalue weighted by atomic mass is 35.5. The zero-order valence-electron chi connectivity index (χ0n) is 11.5. The first-order valence-corrected chi connectivity index (χ1v) is 6.78. The van der Waals surface area contributed by atoms with Gasteiger partial charge in [-0.3, -0.25) is 9.59 Å². The van der Waals surface area contributed by atoms with Crippen LogP contribution in [0.25, 0.3) is 6.08 Å². The molecule has 0 aliphatic carbocycles. The quantitative estimate of drug-likeness (QED) is 0.821. The van der Waals surface area contributed by atoms with Crippen molar-refractivity contribution in [1.82, 2.24) is 4.90 Å². The van der Waals surface area contributed by atoms with E-state index in [4.69, 9.17) is 16.7 Å². The van der Waals surface area contributed by atoms with Gasteiger partial charge in [-0.2, -0.15) is 0 Å². The fourth-order valence-corrected chi connectivity index (χ4v) is 1.88. The van der Waals surface area contributed by atoms with Crippen molar-refractivity contribution in [3.8, 4) is 0 Å². The Hall–Kier alpha value is -1.81. The number of amides is 1. The minimum atomic E-state index is -1.02. The van der Waals surface area contributed by atoms with Crippen LogP contribution in [0.1, 0.15) is 25.8 Å². The van der Waals surface area contributed by atoms with Gasteiger partial charge in [0.25, 0.3) is 0 Å². The van der Waals surface area contributed by atoms with E-state index in [1.807, 2.05) is 19.9 Å². The van der Waals surface area contributed by atoms with E-state index in [1.165, 1.54) is 11.0 Å². The number of carbonyl (C=O) groups is 2. The van der Waals surface area contributed by atoms with E-state index in [9.17, 15) is 9.59 Å². The van der Waals surface area contributed by atoms with Gasteiger partial charge in [0.2, 0.25) is 5.91 Å². The molecule has 0 saturated heterocycles. The molecule has 4 nitrogen and oxygen atoms in total. The Morgan fingerprint density at radius 2 is 2.05 bits per heavy atom. The number of aliphatic carboxylic acids is 1. The van der Waals surface area contributed by atoms with Gasteiger partial charge in [-0.15, -0.1) is 0 Å². The van der Waals surface area contributed by atoms with E-state index in [1.54, 1.807) is 24.3 Å². The Kier molecular flexibility index (Phi) is 6.25. The molecule has 0 fully saturated rings. The molecule has 108 valence electrons. The van der Waals surface area contributed by atoms with Gasteiger partial charge in [0.05, 0.1) is 0 Å². The maximum absolute atomic E-state index is 12.1. The lowest BCUT2D eigenvalue weighted by molar-refractivity contribution is -0.144. The van der Waals surface area contributed by atoms with Crippen LogP contribution in [0.2, 0.25) is 5.02 Å². The molecule has 20 heavy (non-hydrogen) atoms. The second-order valence-electron chi connectivity index (χ2n) is 4.47. The molecule has 1 aromatic carbocycles. The summed E-state index contributed by atoms with van der Waals surface area (Å²) in [5.41, 5.74) is 0.724. The van der Waals surface area contributed by atoms with Crippen molar-refractivity contribution >= 4 is 29.6 Å². The van der Waals surface area contributed by atoms with Gasteiger partial charge in [0.1, 0.15) is 6.54 Å². The summed E-state index contributed by atoms with van der Waals surface area (Å²) in [6.45, 7) is 3.43. The Morgan fingerprint density at radius 3 is 2.60 bits per heavy atom. The largest absolute Gasteiger partial charge is 0.480 e. The van der Waals surface area contributed by atoms with Crippen LogP contribution < -0.4 is 0 Å². The molecule has 0 spiro atoms. The highest BCUT2D eigenvalue weighted by Gasteiger charge is 2.19. The molecule has 0 heterocycles. The van der Waals surface area contributed by atoms with E-state index in [-0.39, 0.29) is 18.5 Å². The van der Waals surface area contributed by atoms with Crippen LogP contribution in [-0.4, -0.2) is 34.5 Å². The lowest BCUT2D eigenvalue weighted by atomic mass is 10.2. The molecule has 0 aliphatic heterocycles. The molecule has 0 aliphatic rings. The average molecular weight is 296 g/mol. The highest BCUT2D eigenvalue weighted by Crippen LogP contribution is 2.16. The SMILES string of the molecule is CCC(C)N(CC(=O)O)C(=O)/C=C/c1ccccc1Cl. The van der Waals surface area contributed by atoms with Gasteiger partial charge < -0.3 is 10.0 Å². The van der Waals surface area contributed by atoms with Crippen LogP contribution in [-0.2, 0) is 9.59 Å². The summed E-state index contributed by atoms with van der Waals surface area (Å²) >= 11 is 5.99. The van der Waals surface area contributed by atoms with E-state index >= 15 is 0 Å². The van der Waals surface area contributed by atoms with Gasteiger partial charge in [0, 0.05) is 17.1 Å². The Balaban J connectivity index is 2.85. The van der Waals surface area contributed by atoms with Crippen LogP contribution in [0.5, 0.6) is 0 Å². The first kappa shape index (κ1) is 16.2. The normalized spacial score (nSPS) is 12.3. The Morgan fingerprint density at radius 1 is 1.40 bits per heavy atom. The molecule has 1 unspecified atom stereocenters. The average Bonchev–Trinajstić information content (AvgIpc) is 2.42. The topological polar surface area (TPSA) is 57.6 Å². The molecule has 1 amide bonds. The van der Waals surface area contributed by atoms with Crippen LogP contribution >= 0.6 is 11.6 Å². The van der Waals surface area contributed by atoms with Crippen molar-refractivity contribution < 1.29 is 14.7 Å². The zero-order valence-corrected chi connectivity index (χ0v) is 12.3. The second-order valence-corrected chi connectivity index (χ2v) is 4.88. The van der Waals surface area contributed by atoms with Gasteiger partial charge >= 0.3 is 5.97 Å². The number of hydrogen-bond acceptors (Lipinski definition) is 2. The number of benzene rings is 1. The van der Waals surface area contributed by atoms with Crippen molar-refractivity contribution in [1.29, 1.82) is 0 Å². The molecule has 1 rings (SSSR count). The number of carboxylic acids is 1. The summed E-state index contributed by atoms with van der Waals surface area (Å²) in [5.74, 6) is -1.36. The van der Waals surface area contributed by atoms with Crippen LogP contribution in [0.15, 0.2) is 30.3 Å². The number of halogens is 1. The minimum absolute atomic E-state index is 0.130. The lowest BCUT2D eigenvalue weighted by Gasteiger charge is -2.25. The van der Waals surface area contributed by atoms with Crippen LogP contribution in [0, 0.1) is 0 Å². The summed E-state index contributed by atoms with van der Waals surface area (Å²) in [7, 11) is 0. The summed E-state index contributed by atoms with van der Waals surface area (Å²) in [6, 6.07) is 7.01. The van der Waals surface area contributed by atoms with E-state index < -0.39 is 5.97 Å². The fourth-order valence-electron chi connectivity index (χ4n) is 1.68. The maximum atomic E-state index is 12.1. The first-order valence-electron chi connectivity index (χ1n) is 6.40. The predicted molar refractivity (Wildman–Crippen MR) is 79.6 cm³/mol. The number of hydrogen-bond donors (Lipinski definition) is 1. The Labute approximate surface area is 123 Å². The second kappa shape index (κ2) is 7.70. The highest BCUT2D eigenvalue weighted by molar-refractivity contribution is 6.32. The first-order chi connectivity index (χ1) is 9.45. The minimum Gasteiger partial charge on any atom is -0.480 e. The molecule has 0 saturated carbocycles. The summed E-state index contributed by atoms with van der Waals surface area (Å²) in [5, 5.41) is 9.41. The monoisotopic (exact) mass is 295 g/mol. The fraction of sp³-hybridized carbons (Fsp3) is 0.333. The van der Waals surface area contributed by atoms with Crippen molar-refractivity contribution in [3.05, 3.63) is 40.9 Å². The third kappa shape index (κ3) is 4.70. The summed E-state index contributed by atoms with van der Waals surface area (Å²) < 4.78 is 0. The third-order valence-corrected chi connectivity index (χ3v) is 3.37. The maximum Gasteiger partial charge on any atom is 0.323 e. The molecule has 0 bridgehead atoms. The molecular weight excluding hydrogens is 278 g/mol. The van der Waals surface area contributed by atoms with E-state index in [0.29, 0.717) is 11.4 Å². The van der Waals surface area contributed by atoms with Crippen molar-refractivity contribution in [3.63, 3.8) is 0 Å². The molecule has 0 radical (unpaired) electrons. The van der Waals surface area contributed by atoms with Crippen molar-refractivity contribution in [2.24, 2.45) is 0 Å². The van der Waals surface area contributed by atoms with Gasteiger partial charge in [-0.25, -0.2) is 0 Å². The van der Waals surface area contributed by atoms with E-state index in [0.717, 1.165) is 5.56 Å². The Bertz CT molecular complexity index is 514. The van der Waals surface area contributed by atoms with E-state index in [2.05, 4.69) is 0 Å². The number of rotatable bonds is 6. The lowest BCUT2D eigenvalue weighted by Crippen LogP contribution is -2.40. The third-order valence-electron chi connectivity index (χ3n) is 3.02. The van der Waals surface area contributed by atoms with Gasteiger partial charge in [-0.05, 0) is 31.1 Å². The number of nitrogens with zero attached hydrogens (tertiary/aromatic N) is 1. The molecule has 0 aromatic heterocycles. The van der Waals surface area contributed by atoms with Crippen molar-refractivity contribution in [2.45, 2.75) is 26.3 Å². The molecule has 1 aromatic rings. The molecule has 1 atom stereocenters. The standard InChI is InChI=1S/C15H18ClNO3/c1-3-11(2)17(10-15(19)20)14(18)9-8-12-6-4-5-7-13(12)16/h4-9,11H,3,10H2,1-2H3,(H,19,20)/b9-8+. The zero-order chi connectivity index (χ0) is 15.1.